The summed E-state index contributed by atoms with van der Waals surface area (Å²) < 4.78 is 0. The quantitative estimate of drug-likeness (QED) is 0.786. The zero-order valence-corrected chi connectivity index (χ0v) is 11.4. The molecule has 1 aliphatic rings. The van der Waals surface area contributed by atoms with Crippen molar-refractivity contribution in [3.63, 3.8) is 0 Å². The van der Waals surface area contributed by atoms with Crippen molar-refractivity contribution in [2.24, 2.45) is 5.92 Å². The fourth-order valence-corrected chi connectivity index (χ4v) is 3.04. The molecule has 0 amide bonds. The Morgan fingerprint density at radius 1 is 1.29 bits per heavy atom. The smallest absolute Gasteiger partial charge is 0.00753 e. The number of fused-ring (bicyclic) bond motifs is 1. The van der Waals surface area contributed by atoms with E-state index in [1.54, 1.807) is 11.1 Å². The van der Waals surface area contributed by atoms with E-state index in [0.717, 1.165) is 18.4 Å². The van der Waals surface area contributed by atoms with Crippen LogP contribution in [0.2, 0.25) is 0 Å². The van der Waals surface area contributed by atoms with Crippen molar-refractivity contribution >= 4 is 0 Å². The molecular formula is C16H25N. The van der Waals surface area contributed by atoms with Crippen molar-refractivity contribution in [1.29, 1.82) is 0 Å². The molecule has 0 saturated carbocycles. The normalized spacial score (nSPS) is 19.9. The SMILES string of the molecule is CCNC(CC(C)C)CC1Cc2ccccc21. The van der Waals surface area contributed by atoms with E-state index in [4.69, 9.17) is 0 Å². The van der Waals surface area contributed by atoms with Crippen LogP contribution in [0.15, 0.2) is 24.3 Å². The molecule has 0 spiro atoms. The summed E-state index contributed by atoms with van der Waals surface area (Å²) in [4.78, 5) is 0. The van der Waals surface area contributed by atoms with Crippen LogP contribution in [0, 0.1) is 5.92 Å². The Bertz CT molecular complexity index is 356. The van der Waals surface area contributed by atoms with Gasteiger partial charge in [-0.2, -0.15) is 0 Å². The van der Waals surface area contributed by atoms with Gasteiger partial charge < -0.3 is 5.32 Å². The van der Waals surface area contributed by atoms with Crippen LogP contribution in [0.5, 0.6) is 0 Å². The molecule has 0 aromatic heterocycles. The van der Waals surface area contributed by atoms with E-state index < -0.39 is 0 Å². The fraction of sp³-hybridized carbons (Fsp3) is 0.625. The van der Waals surface area contributed by atoms with Crippen LogP contribution in [0.1, 0.15) is 50.7 Å². The van der Waals surface area contributed by atoms with Gasteiger partial charge in [-0.05, 0) is 48.8 Å². The van der Waals surface area contributed by atoms with Gasteiger partial charge >= 0.3 is 0 Å². The topological polar surface area (TPSA) is 12.0 Å². The lowest BCUT2D eigenvalue weighted by Gasteiger charge is -2.34. The summed E-state index contributed by atoms with van der Waals surface area (Å²) in [5.41, 5.74) is 3.16. The number of hydrogen-bond donors (Lipinski definition) is 1. The van der Waals surface area contributed by atoms with E-state index in [-0.39, 0.29) is 0 Å². The van der Waals surface area contributed by atoms with Gasteiger partial charge in [0.05, 0.1) is 0 Å². The van der Waals surface area contributed by atoms with Crippen molar-refractivity contribution in [2.45, 2.75) is 52.0 Å². The standard InChI is InChI=1S/C16H25N/c1-4-17-15(9-12(2)3)11-14-10-13-7-5-6-8-16(13)14/h5-8,12,14-15,17H,4,9-11H2,1-3H3. The Morgan fingerprint density at radius 2 is 2.06 bits per heavy atom. The van der Waals surface area contributed by atoms with Crippen molar-refractivity contribution in [3.05, 3.63) is 35.4 Å². The van der Waals surface area contributed by atoms with E-state index in [1.807, 2.05) is 0 Å². The third kappa shape index (κ3) is 3.10. The Kier molecular flexibility index (Phi) is 4.22. The first kappa shape index (κ1) is 12.6. The first-order valence-corrected chi connectivity index (χ1v) is 7.01. The van der Waals surface area contributed by atoms with Gasteiger partial charge in [-0.25, -0.2) is 0 Å². The summed E-state index contributed by atoms with van der Waals surface area (Å²) in [6.45, 7) is 7.94. The molecule has 0 aliphatic heterocycles. The number of nitrogens with one attached hydrogen (secondary N) is 1. The largest absolute Gasteiger partial charge is 0.314 e. The fourth-order valence-electron chi connectivity index (χ4n) is 3.04. The minimum atomic E-state index is 0.693. The molecule has 0 bridgehead atoms. The molecule has 1 nitrogen and oxygen atoms in total. The van der Waals surface area contributed by atoms with E-state index in [1.165, 1.54) is 19.3 Å². The van der Waals surface area contributed by atoms with Crippen molar-refractivity contribution < 1.29 is 0 Å². The second-order valence-corrected chi connectivity index (χ2v) is 5.72. The van der Waals surface area contributed by atoms with E-state index in [0.29, 0.717) is 6.04 Å². The summed E-state index contributed by atoms with van der Waals surface area (Å²) in [5.74, 6) is 1.59. The average molecular weight is 231 g/mol. The third-order valence-electron chi connectivity index (χ3n) is 3.78. The molecule has 0 fully saturated rings. The molecule has 0 saturated heterocycles. The second kappa shape index (κ2) is 5.68. The van der Waals surface area contributed by atoms with Crippen LogP contribution in [0.25, 0.3) is 0 Å². The first-order valence-electron chi connectivity index (χ1n) is 7.01. The molecule has 94 valence electrons. The zero-order valence-electron chi connectivity index (χ0n) is 11.4. The molecule has 2 unspecified atom stereocenters. The summed E-state index contributed by atoms with van der Waals surface area (Å²) in [6.07, 6.45) is 3.89. The molecule has 0 heterocycles. The van der Waals surface area contributed by atoms with Crippen LogP contribution in [0.4, 0.5) is 0 Å². The highest BCUT2D eigenvalue weighted by molar-refractivity contribution is 5.39. The summed E-state index contributed by atoms with van der Waals surface area (Å²) in [6, 6.07) is 9.61. The molecule has 2 rings (SSSR count). The Hall–Kier alpha value is -0.820. The lowest BCUT2D eigenvalue weighted by atomic mass is 9.74. The zero-order chi connectivity index (χ0) is 12.3. The minimum Gasteiger partial charge on any atom is -0.314 e. The lowest BCUT2D eigenvalue weighted by Crippen LogP contribution is -2.34. The van der Waals surface area contributed by atoms with Gasteiger partial charge in [-0.3, -0.25) is 0 Å². The predicted molar refractivity (Wildman–Crippen MR) is 74.4 cm³/mol. The molecule has 1 aromatic carbocycles. The highest BCUT2D eigenvalue weighted by atomic mass is 14.9. The first-order chi connectivity index (χ1) is 8.20. The molecule has 1 aliphatic carbocycles. The van der Waals surface area contributed by atoms with Gasteiger partial charge in [-0.15, -0.1) is 0 Å². The summed E-state index contributed by atoms with van der Waals surface area (Å²) >= 11 is 0. The maximum Gasteiger partial charge on any atom is 0.00753 e. The van der Waals surface area contributed by atoms with Gasteiger partial charge in [0.15, 0.2) is 0 Å². The molecule has 1 aromatic rings. The van der Waals surface area contributed by atoms with Crippen molar-refractivity contribution in [2.75, 3.05) is 6.54 Å². The van der Waals surface area contributed by atoms with Crippen LogP contribution >= 0.6 is 0 Å². The second-order valence-electron chi connectivity index (χ2n) is 5.72. The van der Waals surface area contributed by atoms with Gasteiger partial charge in [0.2, 0.25) is 0 Å². The number of benzene rings is 1. The predicted octanol–water partition coefficient (Wildman–Crippen LogP) is 3.74. The molecular weight excluding hydrogens is 206 g/mol. The Labute approximate surface area is 106 Å². The summed E-state index contributed by atoms with van der Waals surface area (Å²) in [5, 5.41) is 3.64. The number of rotatable bonds is 6. The van der Waals surface area contributed by atoms with E-state index >= 15 is 0 Å². The molecule has 0 radical (unpaired) electrons. The van der Waals surface area contributed by atoms with Gasteiger partial charge in [-0.1, -0.05) is 45.0 Å². The van der Waals surface area contributed by atoms with Crippen LogP contribution in [-0.4, -0.2) is 12.6 Å². The maximum atomic E-state index is 3.64. The highest BCUT2D eigenvalue weighted by Gasteiger charge is 2.27. The van der Waals surface area contributed by atoms with Crippen LogP contribution in [0.3, 0.4) is 0 Å². The Morgan fingerprint density at radius 3 is 2.71 bits per heavy atom. The molecule has 2 atom stereocenters. The summed E-state index contributed by atoms with van der Waals surface area (Å²) in [7, 11) is 0. The lowest BCUT2D eigenvalue weighted by molar-refractivity contribution is 0.366. The van der Waals surface area contributed by atoms with E-state index in [2.05, 4.69) is 50.4 Å². The highest BCUT2D eigenvalue weighted by Crippen LogP contribution is 2.38. The monoisotopic (exact) mass is 231 g/mol. The minimum absolute atomic E-state index is 0.693. The maximum absolute atomic E-state index is 3.64. The van der Waals surface area contributed by atoms with Gasteiger partial charge in [0.25, 0.3) is 0 Å². The van der Waals surface area contributed by atoms with Crippen LogP contribution in [-0.2, 0) is 6.42 Å². The third-order valence-corrected chi connectivity index (χ3v) is 3.78. The van der Waals surface area contributed by atoms with E-state index in [9.17, 15) is 0 Å². The molecule has 1 N–H and O–H groups in total. The van der Waals surface area contributed by atoms with Gasteiger partial charge in [0, 0.05) is 6.04 Å². The molecule has 17 heavy (non-hydrogen) atoms. The van der Waals surface area contributed by atoms with Crippen molar-refractivity contribution in [3.8, 4) is 0 Å². The number of hydrogen-bond acceptors (Lipinski definition) is 1. The van der Waals surface area contributed by atoms with Gasteiger partial charge in [0.1, 0.15) is 0 Å². The average Bonchev–Trinajstić information content (AvgIpc) is 2.25. The Balaban J connectivity index is 1.92. The van der Waals surface area contributed by atoms with Crippen LogP contribution < -0.4 is 5.32 Å². The van der Waals surface area contributed by atoms with Crippen molar-refractivity contribution in [1.82, 2.24) is 5.32 Å². The molecule has 1 heteroatoms.